The Bertz CT molecular complexity index is 693. The van der Waals surface area contributed by atoms with Crippen molar-refractivity contribution < 1.29 is 0 Å². The van der Waals surface area contributed by atoms with Gasteiger partial charge in [-0.05, 0) is 30.7 Å². The highest BCUT2D eigenvalue weighted by Crippen LogP contribution is 2.35. The fourth-order valence-corrected chi connectivity index (χ4v) is 4.45. The molecule has 24 heavy (non-hydrogen) atoms. The standard InChI is InChI=1S/C19H26N4S/c1-22(2)19(23(3)4)20-13-18-21-16-11-10-15(12-17(16)24-18)14-8-6-5-7-9-14/h5-9,15H,10-13H2,1-4H3. The van der Waals surface area contributed by atoms with Crippen LogP contribution in [0.2, 0.25) is 0 Å². The number of benzene rings is 1. The van der Waals surface area contributed by atoms with E-state index in [2.05, 4.69) is 30.3 Å². The fraction of sp³-hybridized carbons (Fsp3) is 0.474. The minimum absolute atomic E-state index is 0.634. The number of hydrogen-bond acceptors (Lipinski definition) is 3. The maximum Gasteiger partial charge on any atom is 0.195 e. The molecule has 1 atom stereocenters. The van der Waals surface area contributed by atoms with E-state index in [1.54, 1.807) is 0 Å². The molecule has 3 rings (SSSR count). The van der Waals surface area contributed by atoms with Gasteiger partial charge in [-0.25, -0.2) is 9.98 Å². The molecule has 0 amide bonds. The molecule has 1 aliphatic rings. The maximum absolute atomic E-state index is 4.84. The van der Waals surface area contributed by atoms with Crippen molar-refractivity contribution >= 4 is 17.3 Å². The molecule has 0 N–H and O–H groups in total. The van der Waals surface area contributed by atoms with Gasteiger partial charge >= 0.3 is 0 Å². The van der Waals surface area contributed by atoms with Crippen molar-refractivity contribution in [2.75, 3.05) is 28.2 Å². The lowest BCUT2D eigenvalue weighted by Crippen LogP contribution is -2.35. The molecule has 0 bridgehead atoms. The average Bonchev–Trinajstić information content (AvgIpc) is 2.97. The predicted octanol–water partition coefficient (Wildman–Crippen LogP) is 3.39. The first-order valence-corrected chi connectivity index (χ1v) is 9.27. The normalized spacial score (nSPS) is 16.4. The molecule has 1 aliphatic carbocycles. The Hall–Kier alpha value is -1.88. The smallest absolute Gasteiger partial charge is 0.195 e. The van der Waals surface area contributed by atoms with Crippen molar-refractivity contribution in [3.8, 4) is 0 Å². The molecule has 0 aliphatic heterocycles. The van der Waals surface area contributed by atoms with Crippen LogP contribution < -0.4 is 0 Å². The van der Waals surface area contributed by atoms with Crippen molar-refractivity contribution in [2.24, 2.45) is 4.99 Å². The van der Waals surface area contributed by atoms with Crippen LogP contribution in [0, 0.1) is 0 Å². The Kier molecular flexibility index (Phi) is 5.19. The second kappa shape index (κ2) is 7.34. The number of aryl methyl sites for hydroxylation is 1. The Morgan fingerprint density at radius 2 is 1.88 bits per heavy atom. The fourth-order valence-electron chi connectivity index (χ4n) is 3.33. The van der Waals surface area contributed by atoms with Crippen LogP contribution >= 0.6 is 11.3 Å². The Labute approximate surface area is 148 Å². The van der Waals surface area contributed by atoms with E-state index in [9.17, 15) is 0 Å². The Morgan fingerprint density at radius 3 is 2.54 bits per heavy atom. The van der Waals surface area contributed by atoms with Gasteiger partial charge in [0.05, 0.1) is 12.2 Å². The largest absolute Gasteiger partial charge is 0.349 e. The summed E-state index contributed by atoms with van der Waals surface area (Å²) in [5.74, 6) is 1.61. The van der Waals surface area contributed by atoms with Crippen molar-refractivity contribution in [1.82, 2.24) is 14.8 Å². The third kappa shape index (κ3) is 3.78. The van der Waals surface area contributed by atoms with Crippen molar-refractivity contribution in [3.05, 3.63) is 51.5 Å². The van der Waals surface area contributed by atoms with Crippen LogP contribution in [-0.2, 0) is 19.4 Å². The summed E-state index contributed by atoms with van der Waals surface area (Å²) in [6.45, 7) is 0.666. The van der Waals surface area contributed by atoms with Crippen LogP contribution in [0.25, 0.3) is 0 Å². The molecule has 0 radical (unpaired) electrons. The Morgan fingerprint density at radius 1 is 1.17 bits per heavy atom. The van der Waals surface area contributed by atoms with Gasteiger partial charge in [0, 0.05) is 33.1 Å². The van der Waals surface area contributed by atoms with E-state index in [0.29, 0.717) is 12.5 Å². The zero-order valence-corrected chi connectivity index (χ0v) is 15.8. The number of thiazole rings is 1. The van der Waals surface area contributed by atoms with E-state index < -0.39 is 0 Å². The number of hydrogen-bond donors (Lipinski definition) is 0. The molecule has 5 heteroatoms. The van der Waals surface area contributed by atoms with E-state index in [4.69, 9.17) is 9.98 Å². The zero-order valence-electron chi connectivity index (χ0n) is 15.0. The van der Waals surface area contributed by atoms with Gasteiger partial charge in [0.1, 0.15) is 5.01 Å². The summed E-state index contributed by atoms with van der Waals surface area (Å²) in [4.78, 5) is 15.1. The van der Waals surface area contributed by atoms with Crippen LogP contribution in [-0.4, -0.2) is 48.9 Å². The molecule has 1 heterocycles. The lowest BCUT2D eigenvalue weighted by Gasteiger charge is -2.22. The molecule has 4 nitrogen and oxygen atoms in total. The van der Waals surface area contributed by atoms with Crippen molar-refractivity contribution in [1.29, 1.82) is 0 Å². The minimum atomic E-state index is 0.634. The van der Waals surface area contributed by atoms with Gasteiger partial charge in [-0.15, -0.1) is 11.3 Å². The molecule has 0 saturated carbocycles. The number of nitrogens with zero attached hydrogens (tertiary/aromatic N) is 4. The van der Waals surface area contributed by atoms with Crippen LogP contribution in [0.1, 0.15) is 33.5 Å². The van der Waals surface area contributed by atoms with Crippen LogP contribution in [0.4, 0.5) is 0 Å². The molecule has 0 fully saturated rings. The van der Waals surface area contributed by atoms with Gasteiger partial charge in [0.25, 0.3) is 0 Å². The third-order valence-electron chi connectivity index (χ3n) is 4.41. The van der Waals surface area contributed by atoms with Gasteiger partial charge < -0.3 is 9.80 Å². The third-order valence-corrected chi connectivity index (χ3v) is 5.52. The minimum Gasteiger partial charge on any atom is -0.349 e. The summed E-state index contributed by atoms with van der Waals surface area (Å²) in [7, 11) is 8.10. The number of guanidine groups is 1. The molecule has 2 aromatic rings. The molecule has 1 unspecified atom stereocenters. The summed E-state index contributed by atoms with van der Waals surface area (Å²) in [6.07, 6.45) is 3.41. The van der Waals surface area contributed by atoms with Gasteiger partial charge in [0.2, 0.25) is 0 Å². The first-order chi connectivity index (χ1) is 11.5. The highest BCUT2D eigenvalue weighted by molar-refractivity contribution is 7.11. The molecule has 0 spiro atoms. The monoisotopic (exact) mass is 342 g/mol. The highest BCUT2D eigenvalue weighted by atomic mass is 32.1. The summed E-state index contributed by atoms with van der Waals surface area (Å²) in [5, 5.41) is 1.13. The average molecular weight is 343 g/mol. The van der Waals surface area contributed by atoms with Crippen molar-refractivity contribution in [2.45, 2.75) is 31.7 Å². The van der Waals surface area contributed by atoms with Gasteiger partial charge in [-0.2, -0.15) is 0 Å². The van der Waals surface area contributed by atoms with E-state index in [1.165, 1.54) is 22.6 Å². The molecular formula is C19H26N4S. The lowest BCUT2D eigenvalue weighted by atomic mass is 9.85. The predicted molar refractivity (Wildman–Crippen MR) is 102 cm³/mol. The SMILES string of the molecule is CN(C)C(=NCc1nc2c(s1)CC(c1ccccc1)CC2)N(C)C. The molecule has 128 valence electrons. The number of aromatic nitrogens is 1. The quantitative estimate of drug-likeness (QED) is 0.633. The van der Waals surface area contributed by atoms with E-state index in [1.807, 2.05) is 49.3 Å². The molecule has 1 aromatic heterocycles. The second-order valence-electron chi connectivity index (χ2n) is 6.73. The van der Waals surface area contributed by atoms with Gasteiger partial charge in [-0.1, -0.05) is 30.3 Å². The summed E-state index contributed by atoms with van der Waals surface area (Å²) >= 11 is 1.84. The number of fused-ring (bicyclic) bond motifs is 1. The van der Waals surface area contributed by atoms with Crippen LogP contribution in [0.15, 0.2) is 35.3 Å². The molecule has 0 saturated heterocycles. The van der Waals surface area contributed by atoms with E-state index >= 15 is 0 Å². The Balaban J connectivity index is 1.73. The van der Waals surface area contributed by atoms with Gasteiger partial charge in [-0.3, -0.25) is 0 Å². The van der Waals surface area contributed by atoms with Crippen molar-refractivity contribution in [3.63, 3.8) is 0 Å². The molecular weight excluding hydrogens is 316 g/mol. The highest BCUT2D eigenvalue weighted by Gasteiger charge is 2.23. The van der Waals surface area contributed by atoms with E-state index in [-0.39, 0.29) is 0 Å². The zero-order chi connectivity index (χ0) is 17.1. The van der Waals surface area contributed by atoms with E-state index in [0.717, 1.165) is 23.8 Å². The molecule has 1 aromatic carbocycles. The summed E-state index contributed by atoms with van der Waals surface area (Å²) in [5.41, 5.74) is 2.76. The summed E-state index contributed by atoms with van der Waals surface area (Å²) < 4.78 is 0. The summed E-state index contributed by atoms with van der Waals surface area (Å²) in [6, 6.07) is 10.9. The first kappa shape index (κ1) is 17.0. The first-order valence-electron chi connectivity index (χ1n) is 8.46. The topological polar surface area (TPSA) is 31.7 Å². The number of rotatable bonds is 3. The number of aliphatic imine (C=N–C) groups is 1. The van der Waals surface area contributed by atoms with Crippen LogP contribution in [0.3, 0.4) is 0 Å². The second-order valence-corrected chi connectivity index (χ2v) is 7.90. The lowest BCUT2D eigenvalue weighted by molar-refractivity contribution is 0.479. The maximum atomic E-state index is 4.84. The van der Waals surface area contributed by atoms with Crippen LogP contribution in [0.5, 0.6) is 0 Å². The van der Waals surface area contributed by atoms with Gasteiger partial charge in [0.15, 0.2) is 5.96 Å².